The first-order valence-electron chi connectivity index (χ1n) is 9.24. The molecular weight excluding hydrogens is 367 g/mol. The lowest BCUT2D eigenvalue weighted by Gasteiger charge is -2.16. The molecule has 0 spiro atoms. The van der Waals surface area contributed by atoms with Crippen LogP contribution in [0.2, 0.25) is 0 Å². The molecule has 0 saturated heterocycles. The number of amides is 2. The van der Waals surface area contributed by atoms with Crippen LogP contribution in [0.3, 0.4) is 0 Å². The number of nitrogens with one attached hydrogen (secondary N) is 1. The molecule has 0 unspecified atom stereocenters. The van der Waals surface area contributed by atoms with Crippen LogP contribution in [0.1, 0.15) is 16.7 Å². The van der Waals surface area contributed by atoms with Crippen LogP contribution in [0.4, 0.5) is 15.8 Å². The van der Waals surface area contributed by atoms with Crippen LogP contribution in [0.5, 0.6) is 0 Å². The lowest BCUT2D eigenvalue weighted by Crippen LogP contribution is -2.33. The summed E-state index contributed by atoms with van der Waals surface area (Å²) in [6, 6.07) is 20.5. The molecule has 1 aliphatic heterocycles. The van der Waals surface area contributed by atoms with Gasteiger partial charge in [-0.15, -0.1) is 0 Å². The molecule has 0 saturated carbocycles. The lowest BCUT2D eigenvalue weighted by atomic mass is 10.0. The number of hydrogen-bond donors (Lipinski definition) is 1. The first-order chi connectivity index (χ1) is 14.0. The van der Waals surface area contributed by atoms with Crippen molar-refractivity contribution in [2.45, 2.75) is 13.8 Å². The Morgan fingerprint density at radius 3 is 2.21 bits per heavy atom. The van der Waals surface area contributed by atoms with E-state index >= 15 is 0 Å². The standard InChI is InChI=1S/C24H19FN2O2/c1-15-12-13-19(16(2)14-15)26-22-21(17-8-4-3-5-9-17)23(28)27(24(22)29)20-11-7-6-10-18(20)25/h3-14,26H,1-2H3. The van der Waals surface area contributed by atoms with Gasteiger partial charge in [-0.3, -0.25) is 9.59 Å². The number of halogens is 1. The molecule has 0 fully saturated rings. The first-order valence-corrected chi connectivity index (χ1v) is 9.24. The summed E-state index contributed by atoms with van der Waals surface area (Å²) in [6.45, 7) is 3.91. The highest BCUT2D eigenvalue weighted by Gasteiger charge is 2.41. The van der Waals surface area contributed by atoms with E-state index in [1.807, 2.05) is 38.1 Å². The van der Waals surface area contributed by atoms with Crippen molar-refractivity contribution in [3.05, 3.63) is 101 Å². The second kappa shape index (κ2) is 7.36. The largest absolute Gasteiger partial charge is 0.350 e. The monoisotopic (exact) mass is 386 g/mol. The van der Waals surface area contributed by atoms with E-state index in [0.29, 0.717) is 5.56 Å². The number of carbonyl (C=O) groups excluding carboxylic acids is 2. The molecule has 0 atom stereocenters. The molecule has 1 heterocycles. The van der Waals surface area contributed by atoms with Crippen molar-refractivity contribution in [3.63, 3.8) is 0 Å². The molecule has 3 aromatic rings. The van der Waals surface area contributed by atoms with Crippen molar-refractivity contribution < 1.29 is 14.0 Å². The normalized spacial score (nSPS) is 14.0. The number of aryl methyl sites for hydroxylation is 2. The number of para-hydroxylation sites is 1. The minimum atomic E-state index is -0.630. The van der Waals surface area contributed by atoms with Crippen LogP contribution < -0.4 is 10.2 Å². The molecule has 1 aliphatic rings. The molecule has 0 aliphatic carbocycles. The van der Waals surface area contributed by atoms with E-state index in [1.54, 1.807) is 30.3 Å². The average molecular weight is 386 g/mol. The van der Waals surface area contributed by atoms with Gasteiger partial charge in [0, 0.05) is 5.69 Å². The molecule has 0 aromatic heterocycles. The third-order valence-corrected chi connectivity index (χ3v) is 4.88. The Bertz CT molecular complexity index is 1150. The van der Waals surface area contributed by atoms with E-state index in [0.717, 1.165) is 21.7 Å². The Balaban J connectivity index is 1.85. The lowest BCUT2D eigenvalue weighted by molar-refractivity contribution is -0.120. The van der Waals surface area contributed by atoms with Gasteiger partial charge in [0.25, 0.3) is 11.8 Å². The predicted octanol–water partition coefficient (Wildman–Crippen LogP) is 4.84. The van der Waals surface area contributed by atoms with Gasteiger partial charge in [0.05, 0.1) is 11.3 Å². The van der Waals surface area contributed by atoms with Gasteiger partial charge in [0.15, 0.2) is 0 Å². The summed E-state index contributed by atoms with van der Waals surface area (Å²) >= 11 is 0. The minimum absolute atomic E-state index is 0.0617. The van der Waals surface area contributed by atoms with Gasteiger partial charge in [-0.2, -0.15) is 0 Å². The number of carbonyl (C=O) groups is 2. The fourth-order valence-electron chi connectivity index (χ4n) is 3.46. The van der Waals surface area contributed by atoms with E-state index in [1.165, 1.54) is 18.2 Å². The quantitative estimate of drug-likeness (QED) is 0.653. The van der Waals surface area contributed by atoms with Crippen molar-refractivity contribution in [2.24, 2.45) is 0 Å². The zero-order chi connectivity index (χ0) is 20.5. The van der Waals surface area contributed by atoms with Crippen LogP contribution in [0.15, 0.2) is 78.5 Å². The third-order valence-electron chi connectivity index (χ3n) is 4.88. The second-order valence-corrected chi connectivity index (χ2v) is 6.96. The topological polar surface area (TPSA) is 49.4 Å². The van der Waals surface area contributed by atoms with Crippen molar-refractivity contribution in [1.82, 2.24) is 0 Å². The fourth-order valence-corrected chi connectivity index (χ4v) is 3.46. The number of hydrogen-bond acceptors (Lipinski definition) is 3. The molecule has 29 heavy (non-hydrogen) atoms. The number of benzene rings is 3. The second-order valence-electron chi connectivity index (χ2n) is 6.96. The van der Waals surface area contributed by atoms with E-state index < -0.39 is 17.6 Å². The van der Waals surface area contributed by atoms with Crippen LogP contribution >= 0.6 is 0 Å². The summed E-state index contributed by atoms with van der Waals surface area (Å²) in [5.74, 6) is -1.77. The number of nitrogens with zero attached hydrogens (tertiary/aromatic N) is 1. The Labute approximate surface area is 168 Å². The van der Waals surface area contributed by atoms with Gasteiger partial charge in [-0.05, 0) is 43.2 Å². The minimum Gasteiger partial charge on any atom is -0.350 e. The number of anilines is 2. The Morgan fingerprint density at radius 2 is 1.52 bits per heavy atom. The zero-order valence-corrected chi connectivity index (χ0v) is 16.1. The van der Waals surface area contributed by atoms with Gasteiger partial charge >= 0.3 is 0 Å². The molecule has 4 nitrogen and oxygen atoms in total. The molecular formula is C24H19FN2O2. The van der Waals surface area contributed by atoms with E-state index in [-0.39, 0.29) is 17.0 Å². The Kier molecular flexibility index (Phi) is 4.72. The summed E-state index contributed by atoms with van der Waals surface area (Å²) in [7, 11) is 0. The maximum Gasteiger partial charge on any atom is 0.282 e. The molecule has 0 radical (unpaired) electrons. The van der Waals surface area contributed by atoms with E-state index in [4.69, 9.17) is 0 Å². The molecule has 5 heteroatoms. The molecule has 2 amide bonds. The van der Waals surface area contributed by atoms with Crippen molar-refractivity contribution in [1.29, 1.82) is 0 Å². The fraction of sp³-hybridized carbons (Fsp3) is 0.0833. The highest BCUT2D eigenvalue weighted by molar-refractivity contribution is 6.46. The molecule has 144 valence electrons. The summed E-state index contributed by atoms with van der Waals surface area (Å²) in [5, 5.41) is 3.13. The summed E-state index contributed by atoms with van der Waals surface area (Å²) in [5.41, 5.74) is 3.64. The van der Waals surface area contributed by atoms with Gasteiger partial charge < -0.3 is 5.32 Å². The molecule has 4 rings (SSSR count). The van der Waals surface area contributed by atoms with Gasteiger partial charge in [0.1, 0.15) is 11.5 Å². The summed E-state index contributed by atoms with van der Waals surface area (Å²) < 4.78 is 14.4. The Morgan fingerprint density at radius 1 is 0.828 bits per heavy atom. The number of rotatable bonds is 4. The van der Waals surface area contributed by atoms with Crippen LogP contribution in [-0.4, -0.2) is 11.8 Å². The average Bonchev–Trinajstić information content (AvgIpc) is 2.95. The molecule has 1 N–H and O–H groups in total. The molecule has 0 bridgehead atoms. The SMILES string of the molecule is Cc1ccc(NC2=C(c3ccccc3)C(=O)N(c3ccccc3F)C2=O)c(C)c1. The van der Waals surface area contributed by atoms with Gasteiger partial charge in [0.2, 0.25) is 0 Å². The summed E-state index contributed by atoms with van der Waals surface area (Å²) in [4.78, 5) is 27.4. The third kappa shape index (κ3) is 3.31. The van der Waals surface area contributed by atoms with Crippen LogP contribution in [0, 0.1) is 19.7 Å². The first kappa shape index (κ1) is 18.6. The van der Waals surface area contributed by atoms with Gasteiger partial charge in [-0.25, -0.2) is 9.29 Å². The van der Waals surface area contributed by atoms with Crippen molar-refractivity contribution >= 4 is 28.8 Å². The zero-order valence-electron chi connectivity index (χ0n) is 16.1. The molecule has 3 aromatic carbocycles. The predicted molar refractivity (Wildman–Crippen MR) is 112 cm³/mol. The maximum atomic E-state index is 14.4. The Hall–Kier alpha value is -3.73. The van der Waals surface area contributed by atoms with Crippen molar-refractivity contribution in [2.75, 3.05) is 10.2 Å². The highest BCUT2D eigenvalue weighted by Crippen LogP contribution is 2.35. The van der Waals surface area contributed by atoms with E-state index in [2.05, 4.69) is 5.32 Å². The van der Waals surface area contributed by atoms with Crippen LogP contribution in [-0.2, 0) is 9.59 Å². The summed E-state index contributed by atoms with van der Waals surface area (Å²) in [6.07, 6.45) is 0. The van der Waals surface area contributed by atoms with Crippen LogP contribution in [0.25, 0.3) is 5.57 Å². The smallest absolute Gasteiger partial charge is 0.282 e. The number of imide groups is 1. The highest BCUT2D eigenvalue weighted by atomic mass is 19.1. The van der Waals surface area contributed by atoms with Crippen molar-refractivity contribution in [3.8, 4) is 0 Å². The maximum absolute atomic E-state index is 14.4. The van der Waals surface area contributed by atoms with E-state index in [9.17, 15) is 14.0 Å². The van der Waals surface area contributed by atoms with Gasteiger partial charge in [-0.1, -0.05) is 60.2 Å².